The minimum Gasteiger partial charge on any atom is -0.506 e. The molecule has 182 valence electrons. The van der Waals surface area contributed by atoms with E-state index in [-0.39, 0.29) is 17.0 Å². The Morgan fingerprint density at radius 2 is 1.71 bits per heavy atom. The smallest absolute Gasteiger partial charge is 0.328 e. The summed E-state index contributed by atoms with van der Waals surface area (Å²) in [5, 5.41) is 15.0. The molecule has 5 aromatic rings. The Morgan fingerprint density at radius 3 is 2.31 bits per heavy atom. The second kappa shape index (κ2) is 7.53. The number of aryl methyl sites for hydroxylation is 3. The third-order valence-electron chi connectivity index (χ3n) is 6.33. The van der Waals surface area contributed by atoms with Gasteiger partial charge in [-0.2, -0.15) is 5.10 Å². The number of hydrogen-bond donors (Lipinski definition) is 1. The molecule has 10 heteroatoms. The van der Waals surface area contributed by atoms with Crippen molar-refractivity contribution in [3.05, 3.63) is 58.5 Å². The van der Waals surface area contributed by atoms with E-state index in [1.165, 1.54) is 21.3 Å². The van der Waals surface area contributed by atoms with Crippen LogP contribution in [-0.2, 0) is 26.6 Å². The Labute approximate surface area is 199 Å². The minimum atomic E-state index is -2.72. The van der Waals surface area contributed by atoms with E-state index >= 15 is 0 Å². The van der Waals surface area contributed by atoms with E-state index in [9.17, 15) is 18.7 Å². The first-order valence-corrected chi connectivity index (χ1v) is 11.1. The molecule has 3 aromatic heterocycles. The molecule has 0 radical (unpaired) electrons. The lowest BCUT2D eigenvalue weighted by atomic mass is 9.95. The van der Waals surface area contributed by atoms with Crippen molar-refractivity contribution in [2.24, 2.45) is 21.1 Å². The molecular formula is C25H26F2N6O2. The standard InChI is InChI=1S/C25H26F2N6O2/c1-25(2,3)23-29-17-9-15(13-11-28-30(4)12-13)16(22(26)27)10-18(17)33(23)14-7-19-21(20(34)8-14)32(6)24(35)31(19)5/h7-12,22,34H,1-6H3. The van der Waals surface area contributed by atoms with Crippen LogP contribution in [0.25, 0.3) is 38.9 Å². The number of benzene rings is 2. The predicted molar refractivity (Wildman–Crippen MR) is 130 cm³/mol. The van der Waals surface area contributed by atoms with Crippen LogP contribution in [-0.4, -0.2) is 33.6 Å². The van der Waals surface area contributed by atoms with Crippen LogP contribution >= 0.6 is 0 Å². The van der Waals surface area contributed by atoms with Crippen molar-refractivity contribution in [3.8, 4) is 22.6 Å². The number of hydrogen-bond acceptors (Lipinski definition) is 4. The molecule has 0 atom stereocenters. The van der Waals surface area contributed by atoms with Gasteiger partial charge >= 0.3 is 5.69 Å². The van der Waals surface area contributed by atoms with E-state index in [2.05, 4.69) is 5.10 Å². The molecule has 0 fully saturated rings. The lowest BCUT2D eigenvalue weighted by Gasteiger charge is -2.21. The second-order valence-corrected chi connectivity index (χ2v) is 9.89. The second-order valence-electron chi connectivity index (χ2n) is 9.89. The highest BCUT2D eigenvalue weighted by Crippen LogP contribution is 2.39. The maximum absolute atomic E-state index is 14.3. The monoisotopic (exact) mass is 480 g/mol. The molecule has 1 N–H and O–H groups in total. The van der Waals surface area contributed by atoms with Gasteiger partial charge in [0, 0.05) is 49.9 Å². The van der Waals surface area contributed by atoms with Gasteiger partial charge in [-0.25, -0.2) is 18.6 Å². The number of alkyl halides is 2. The highest BCUT2D eigenvalue weighted by Gasteiger charge is 2.27. The number of imidazole rings is 2. The van der Waals surface area contributed by atoms with Crippen LogP contribution in [0.1, 0.15) is 38.6 Å². The Hall–Kier alpha value is -3.95. The Balaban J connectivity index is 1.88. The Bertz CT molecular complexity index is 1680. The van der Waals surface area contributed by atoms with Gasteiger partial charge in [0.15, 0.2) is 0 Å². The number of aromatic hydroxyl groups is 1. The molecule has 0 aliphatic carbocycles. The summed E-state index contributed by atoms with van der Waals surface area (Å²) in [6.07, 6.45) is 0.523. The van der Waals surface area contributed by atoms with Crippen molar-refractivity contribution in [3.63, 3.8) is 0 Å². The van der Waals surface area contributed by atoms with Crippen molar-refractivity contribution in [2.75, 3.05) is 0 Å². The molecule has 0 unspecified atom stereocenters. The maximum Gasteiger partial charge on any atom is 0.328 e. The highest BCUT2D eigenvalue weighted by molar-refractivity contribution is 5.89. The molecule has 0 bridgehead atoms. The first-order valence-electron chi connectivity index (χ1n) is 11.1. The predicted octanol–water partition coefficient (Wildman–Crippen LogP) is 4.56. The third kappa shape index (κ3) is 3.43. The summed E-state index contributed by atoms with van der Waals surface area (Å²) in [6, 6.07) is 6.42. The Kier molecular flexibility index (Phi) is 4.91. The van der Waals surface area contributed by atoms with Crippen LogP contribution in [0.15, 0.2) is 41.5 Å². The van der Waals surface area contributed by atoms with E-state index in [0.717, 1.165) is 0 Å². The number of phenols is 1. The van der Waals surface area contributed by atoms with Gasteiger partial charge in [-0.1, -0.05) is 20.8 Å². The van der Waals surface area contributed by atoms with Gasteiger partial charge in [0.05, 0.1) is 28.4 Å². The van der Waals surface area contributed by atoms with Crippen LogP contribution < -0.4 is 5.69 Å². The van der Waals surface area contributed by atoms with Gasteiger partial charge in [0.2, 0.25) is 0 Å². The molecule has 0 amide bonds. The fourth-order valence-corrected chi connectivity index (χ4v) is 4.64. The molecule has 8 nitrogen and oxygen atoms in total. The molecule has 3 heterocycles. The highest BCUT2D eigenvalue weighted by atomic mass is 19.3. The average Bonchev–Trinajstić information content (AvgIpc) is 3.44. The zero-order valence-corrected chi connectivity index (χ0v) is 20.3. The minimum absolute atomic E-state index is 0.0829. The normalized spacial score (nSPS) is 12.5. The fourth-order valence-electron chi connectivity index (χ4n) is 4.64. The van der Waals surface area contributed by atoms with E-state index in [4.69, 9.17) is 4.98 Å². The van der Waals surface area contributed by atoms with Gasteiger partial charge < -0.3 is 5.11 Å². The van der Waals surface area contributed by atoms with Crippen LogP contribution in [0, 0.1) is 0 Å². The number of nitrogens with zero attached hydrogens (tertiary/aromatic N) is 6. The van der Waals surface area contributed by atoms with Gasteiger partial charge in [-0.05, 0) is 23.8 Å². The number of phenolic OH excluding ortho intramolecular Hbond substituents is 1. The summed E-state index contributed by atoms with van der Waals surface area (Å²) >= 11 is 0. The molecule has 2 aromatic carbocycles. The molecule has 35 heavy (non-hydrogen) atoms. The lowest BCUT2D eigenvalue weighted by molar-refractivity contribution is 0.152. The largest absolute Gasteiger partial charge is 0.506 e. The zero-order valence-electron chi connectivity index (χ0n) is 20.3. The lowest BCUT2D eigenvalue weighted by Crippen LogP contribution is -2.19. The number of fused-ring (bicyclic) bond motifs is 2. The van der Waals surface area contributed by atoms with Crippen molar-refractivity contribution in [1.82, 2.24) is 28.5 Å². The van der Waals surface area contributed by atoms with Crippen LogP contribution in [0.5, 0.6) is 5.75 Å². The van der Waals surface area contributed by atoms with E-state index in [0.29, 0.717) is 44.7 Å². The van der Waals surface area contributed by atoms with E-state index in [1.54, 1.807) is 54.9 Å². The third-order valence-corrected chi connectivity index (χ3v) is 6.33. The van der Waals surface area contributed by atoms with Crippen molar-refractivity contribution in [1.29, 1.82) is 0 Å². The summed E-state index contributed by atoms with van der Waals surface area (Å²) in [7, 11) is 4.95. The number of aromatic nitrogens is 6. The summed E-state index contributed by atoms with van der Waals surface area (Å²) < 4.78 is 34.7. The van der Waals surface area contributed by atoms with Crippen LogP contribution in [0.2, 0.25) is 0 Å². The first kappa shape index (κ1) is 22.8. The zero-order chi connectivity index (χ0) is 25.4. The molecule has 0 saturated heterocycles. The quantitative estimate of drug-likeness (QED) is 0.411. The van der Waals surface area contributed by atoms with Gasteiger partial charge in [0.25, 0.3) is 6.43 Å². The van der Waals surface area contributed by atoms with Gasteiger partial charge in [0.1, 0.15) is 17.1 Å². The summed E-state index contributed by atoms with van der Waals surface area (Å²) in [5.74, 6) is 0.552. The van der Waals surface area contributed by atoms with Crippen LogP contribution in [0.3, 0.4) is 0 Å². The van der Waals surface area contributed by atoms with Crippen LogP contribution in [0.4, 0.5) is 8.78 Å². The molecular weight excluding hydrogens is 454 g/mol. The number of rotatable bonds is 3. The summed E-state index contributed by atoms with van der Waals surface area (Å²) in [6.45, 7) is 5.95. The SMILES string of the molecule is Cn1cc(-c2cc3nc(C(C)(C)C)n(-c4cc(O)c5c(c4)n(C)c(=O)n5C)c3cc2C(F)F)cn1. The molecule has 0 spiro atoms. The molecule has 0 aliphatic rings. The van der Waals surface area contributed by atoms with E-state index < -0.39 is 11.8 Å². The first-order chi connectivity index (χ1) is 16.4. The van der Waals surface area contributed by atoms with E-state index in [1.807, 2.05) is 20.8 Å². The fraction of sp³-hybridized carbons (Fsp3) is 0.320. The van der Waals surface area contributed by atoms with Crippen molar-refractivity contribution < 1.29 is 13.9 Å². The maximum atomic E-state index is 14.3. The molecule has 0 saturated carbocycles. The number of halogens is 2. The van der Waals surface area contributed by atoms with Crippen molar-refractivity contribution in [2.45, 2.75) is 32.6 Å². The summed E-state index contributed by atoms with van der Waals surface area (Å²) in [4.78, 5) is 17.3. The topological polar surface area (TPSA) is 82.8 Å². The summed E-state index contributed by atoms with van der Waals surface area (Å²) in [5.41, 5.74) is 2.56. The van der Waals surface area contributed by atoms with Gasteiger partial charge in [-0.15, -0.1) is 0 Å². The van der Waals surface area contributed by atoms with Gasteiger partial charge in [-0.3, -0.25) is 18.4 Å². The molecule has 5 rings (SSSR count). The van der Waals surface area contributed by atoms with Crippen molar-refractivity contribution >= 4 is 22.1 Å². The molecule has 0 aliphatic heterocycles. The Morgan fingerprint density at radius 1 is 1.00 bits per heavy atom. The average molecular weight is 481 g/mol.